The first-order valence-electron chi connectivity index (χ1n) is 8.37. The minimum atomic E-state index is -4.68. The number of aliphatic carboxylic acids is 1. The summed E-state index contributed by atoms with van der Waals surface area (Å²) in [6, 6.07) is 7.20. The second kappa shape index (κ2) is 9.25. The van der Waals surface area contributed by atoms with Gasteiger partial charge in [-0.2, -0.15) is 13.2 Å². The van der Waals surface area contributed by atoms with Gasteiger partial charge in [0, 0.05) is 11.1 Å². The number of carbonyl (C=O) groups excluding carboxylic acids is 1. The number of carbonyl (C=O) groups is 2. The molecule has 6 nitrogen and oxygen atoms in total. The number of hydrogen-bond donors (Lipinski definition) is 4. The maximum Gasteiger partial charge on any atom is 0.416 e. The van der Waals surface area contributed by atoms with Crippen molar-refractivity contribution >= 4 is 23.5 Å². The molecule has 2 rings (SSSR count). The summed E-state index contributed by atoms with van der Waals surface area (Å²) in [4.78, 5) is 23.7. The summed E-state index contributed by atoms with van der Waals surface area (Å²) in [5, 5.41) is 22.0. The highest BCUT2D eigenvalue weighted by atomic mass is 35.5. The fourth-order valence-electron chi connectivity index (χ4n) is 2.61. The highest BCUT2D eigenvalue weighted by Crippen LogP contribution is 2.30. The molecule has 0 unspecified atom stereocenters. The molecular weight excluding hydrogens is 413 g/mol. The van der Waals surface area contributed by atoms with Gasteiger partial charge in [-0.05, 0) is 41.8 Å². The van der Waals surface area contributed by atoms with Gasteiger partial charge in [-0.25, -0.2) is 4.79 Å². The Hall–Kier alpha value is -2.62. The van der Waals surface area contributed by atoms with Crippen molar-refractivity contribution < 1.29 is 33.0 Å². The average Bonchev–Trinajstić information content (AvgIpc) is 2.66. The molecule has 0 heterocycles. The van der Waals surface area contributed by atoms with E-state index in [9.17, 15) is 33.0 Å². The SMILES string of the molecule is N[C@H](Cc1ccc(Cl)cc1)[C@H](O)C(=O)N[C@H](C(=O)O)c1cccc(C(F)(F)F)c1. The van der Waals surface area contributed by atoms with E-state index in [2.05, 4.69) is 0 Å². The van der Waals surface area contributed by atoms with Crippen LogP contribution in [0, 0.1) is 0 Å². The smallest absolute Gasteiger partial charge is 0.416 e. The highest BCUT2D eigenvalue weighted by Gasteiger charge is 2.33. The molecule has 5 N–H and O–H groups in total. The Kier molecular flexibility index (Phi) is 7.23. The van der Waals surface area contributed by atoms with Crippen molar-refractivity contribution in [2.45, 2.75) is 30.8 Å². The zero-order valence-electron chi connectivity index (χ0n) is 14.9. The number of aliphatic hydroxyl groups is 1. The lowest BCUT2D eigenvalue weighted by molar-refractivity contribution is -0.144. The van der Waals surface area contributed by atoms with Crippen molar-refractivity contribution in [1.29, 1.82) is 0 Å². The van der Waals surface area contributed by atoms with Gasteiger partial charge in [-0.1, -0.05) is 35.9 Å². The minimum absolute atomic E-state index is 0.0903. The van der Waals surface area contributed by atoms with Crippen molar-refractivity contribution in [3.05, 3.63) is 70.2 Å². The van der Waals surface area contributed by atoms with Crippen LogP contribution in [-0.2, 0) is 22.2 Å². The summed E-state index contributed by atoms with van der Waals surface area (Å²) in [5.41, 5.74) is 5.15. The van der Waals surface area contributed by atoms with E-state index in [1.54, 1.807) is 24.3 Å². The molecule has 2 aromatic carbocycles. The van der Waals surface area contributed by atoms with E-state index in [0.717, 1.165) is 18.2 Å². The Morgan fingerprint density at radius 2 is 1.76 bits per heavy atom. The molecule has 0 fully saturated rings. The molecule has 0 aliphatic rings. The van der Waals surface area contributed by atoms with E-state index >= 15 is 0 Å². The van der Waals surface area contributed by atoms with Gasteiger partial charge in [0.25, 0.3) is 5.91 Å². The Labute approximate surface area is 169 Å². The number of alkyl halides is 3. The molecule has 0 bridgehead atoms. The van der Waals surface area contributed by atoms with Gasteiger partial charge >= 0.3 is 12.1 Å². The Bertz CT molecular complexity index is 875. The third-order valence-electron chi connectivity index (χ3n) is 4.14. The number of benzene rings is 2. The Balaban J connectivity index is 2.12. The van der Waals surface area contributed by atoms with Crippen molar-refractivity contribution in [2.24, 2.45) is 5.73 Å². The summed E-state index contributed by atoms with van der Waals surface area (Å²) in [7, 11) is 0. The first-order valence-corrected chi connectivity index (χ1v) is 8.75. The second-order valence-corrected chi connectivity index (χ2v) is 6.78. The third-order valence-corrected chi connectivity index (χ3v) is 4.39. The van der Waals surface area contributed by atoms with E-state index < -0.39 is 41.8 Å². The molecular formula is C19H18ClF3N2O4. The van der Waals surface area contributed by atoms with Crippen LogP contribution in [0.25, 0.3) is 0 Å². The molecule has 156 valence electrons. The standard InChI is InChI=1S/C19H18ClF3N2O4/c20-13-6-4-10(5-7-13)8-14(24)16(26)17(27)25-15(18(28)29)11-2-1-3-12(9-11)19(21,22)23/h1-7,9,14-16,26H,8,24H2,(H,25,27)(H,28,29)/t14-,15+,16+/m1/s1. The van der Waals surface area contributed by atoms with Gasteiger partial charge in [0.15, 0.2) is 6.04 Å². The lowest BCUT2D eigenvalue weighted by Crippen LogP contribution is -2.49. The van der Waals surface area contributed by atoms with Crippen LogP contribution in [0.4, 0.5) is 13.2 Å². The fraction of sp³-hybridized carbons (Fsp3) is 0.263. The van der Waals surface area contributed by atoms with Crippen molar-refractivity contribution in [3.8, 4) is 0 Å². The van der Waals surface area contributed by atoms with Crippen LogP contribution in [-0.4, -0.2) is 34.2 Å². The minimum Gasteiger partial charge on any atom is -0.479 e. The zero-order chi connectivity index (χ0) is 21.8. The third kappa shape index (κ3) is 6.18. The van der Waals surface area contributed by atoms with Crippen molar-refractivity contribution in [2.75, 3.05) is 0 Å². The van der Waals surface area contributed by atoms with E-state index in [1.807, 2.05) is 5.32 Å². The van der Waals surface area contributed by atoms with Crippen molar-refractivity contribution in [1.82, 2.24) is 5.32 Å². The van der Waals surface area contributed by atoms with Crippen LogP contribution < -0.4 is 11.1 Å². The molecule has 10 heteroatoms. The van der Waals surface area contributed by atoms with Crippen LogP contribution in [0.2, 0.25) is 5.02 Å². The normalized spacial score (nSPS) is 14.7. The predicted molar refractivity (Wildman–Crippen MR) is 99.1 cm³/mol. The predicted octanol–water partition coefficient (Wildman–Crippen LogP) is 2.53. The quantitative estimate of drug-likeness (QED) is 0.539. The molecule has 29 heavy (non-hydrogen) atoms. The Morgan fingerprint density at radius 1 is 1.14 bits per heavy atom. The van der Waals surface area contributed by atoms with Crippen LogP contribution >= 0.6 is 11.6 Å². The number of rotatable bonds is 7. The van der Waals surface area contributed by atoms with E-state index in [4.69, 9.17) is 17.3 Å². The number of carboxylic acid groups (broad SMARTS) is 1. The van der Waals surface area contributed by atoms with Gasteiger partial charge < -0.3 is 21.3 Å². The maximum atomic E-state index is 12.9. The van der Waals surface area contributed by atoms with E-state index in [-0.39, 0.29) is 12.0 Å². The number of nitrogens with two attached hydrogens (primary N) is 1. The van der Waals surface area contributed by atoms with E-state index in [1.165, 1.54) is 0 Å². The molecule has 0 aromatic heterocycles. The number of carboxylic acids is 1. The van der Waals surface area contributed by atoms with Crippen LogP contribution in [0.5, 0.6) is 0 Å². The first kappa shape index (κ1) is 22.7. The highest BCUT2D eigenvalue weighted by molar-refractivity contribution is 6.30. The number of nitrogens with one attached hydrogen (secondary N) is 1. The second-order valence-electron chi connectivity index (χ2n) is 6.34. The average molecular weight is 431 g/mol. The Morgan fingerprint density at radius 3 is 2.31 bits per heavy atom. The van der Waals surface area contributed by atoms with Crippen LogP contribution in [0.3, 0.4) is 0 Å². The van der Waals surface area contributed by atoms with Gasteiger partial charge in [-0.15, -0.1) is 0 Å². The largest absolute Gasteiger partial charge is 0.479 e. The summed E-state index contributed by atoms with van der Waals surface area (Å²) >= 11 is 5.77. The zero-order valence-corrected chi connectivity index (χ0v) is 15.6. The molecule has 0 aliphatic carbocycles. The van der Waals surface area contributed by atoms with Crippen LogP contribution in [0.15, 0.2) is 48.5 Å². The number of halogens is 4. The summed E-state index contributed by atoms with van der Waals surface area (Å²) < 4.78 is 38.6. The molecule has 3 atom stereocenters. The van der Waals surface area contributed by atoms with Gasteiger partial charge in [0.1, 0.15) is 6.10 Å². The van der Waals surface area contributed by atoms with Gasteiger partial charge in [0.2, 0.25) is 0 Å². The molecule has 0 radical (unpaired) electrons. The fourth-order valence-corrected chi connectivity index (χ4v) is 2.73. The maximum absolute atomic E-state index is 12.9. The summed E-state index contributed by atoms with van der Waals surface area (Å²) in [6.45, 7) is 0. The summed E-state index contributed by atoms with van der Waals surface area (Å²) in [6.07, 6.45) is -6.37. The summed E-state index contributed by atoms with van der Waals surface area (Å²) in [5.74, 6) is -2.70. The number of hydrogen-bond acceptors (Lipinski definition) is 4. The molecule has 1 amide bonds. The number of aliphatic hydroxyl groups excluding tert-OH is 1. The van der Waals surface area contributed by atoms with Gasteiger partial charge in [-0.3, -0.25) is 4.79 Å². The molecule has 0 spiro atoms. The molecule has 2 aromatic rings. The van der Waals surface area contributed by atoms with Crippen LogP contribution in [0.1, 0.15) is 22.7 Å². The lowest BCUT2D eigenvalue weighted by atomic mass is 10.00. The lowest BCUT2D eigenvalue weighted by Gasteiger charge is -2.22. The monoisotopic (exact) mass is 430 g/mol. The first-order chi connectivity index (χ1) is 13.5. The van der Waals surface area contributed by atoms with Gasteiger partial charge in [0.05, 0.1) is 5.56 Å². The van der Waals surface area contributed by atoms with Crippen molar-refractivity contribution in [3.63, 3.8) is 0 Å². The molecule has 0 saturated carbocycles. The molecule has 0 aliphatic heterocycles. The number of amides is 1. The topological polar surface area (TPSA) is 113 Å². The molecule has 0 saturated heterocycles. The van der Waals surface area contributed by atoms with E-state index in [0.29, 0.717) is 16.7 Å².